The van der Waals surface area contributed by atoms with Crippen molar-refractivity contribution in [1.82, 2.24) is 0 Å². The van der Waals surface area contributed by atoms with Crippen LogP contribution in [0.4, 0.5) is 10.1 Å². The number of benzene rings is 3. The number of rotatable bonds is 4. The summed E-state index contributed by atoms with van der Waals surface area (Å²) < 4.78 is 19.0. The predicted molar refractivity (Wildman–Crippen MR) is 121 cm³/mol. The third-order valence-electron chi connectivity index (χ3n) is 5.18. The van der Waals surface area contributed by atoms with Crippen LogP contribution in [0.15, 0.2) is 72.3 Å². The van der Waals surface area contributed by atoms with Crippen LogP contribution in [-0.2, 0) is 9.59 Å². The number of aliphatic hydroxyl groups excluding tert-OH is 1. The van der Waals surface area contributed by atoms with Crippen molar-refractivity contribution in [2.75, 3.05) is 12.0 Å². The van der Waals surface area contributed by atoms with Crippen LogP contribution in [0.25, 0.3) is 5.76 Å². The molecule has 0 aliphatic carbocycles. The summed E-state index contributed by atoms with van der Waals surface area (Å²) in [5.41, 5.74) is 0.830. The lowest BCUT2D eigenvalue weighted by Crippen LogP contribution is -2.29. The molecule has 4 rings (SSSR count). The van der Waals surface area contributed by atoms with E-state index in [1.54, 1.807) is 24.3 Å². The number of para-hydroxylation sites is 1. The number of ether oxygens (including phenoxy) is 1. The molecule has 1 atom stereocenters. The van der Waals surface area contributed by atoms with Crippen LogP contribution in [0.5, 0.6) is 5.75 Å². The highest BCUT2D eigenvalue weighted by Gasteiger charge is 2.47. The molecule has 1 heterocycles. The van der Waals surface area contributed by atoms with E-state index in [-0.39, 0.29) is 26.9 Å². The van der Waals surface area contributed by atoms with Crippen molar-refractivity contribution in [3.8, 4) is 5.75 Å². The number of methoxy groups -OCH3 is 1. The Hall–Kier alpha value is -3.35. The van der Waals surface area contributed by atoms with Gasteiger partial charge in [0, 0.05) is 16.8 Å². The maximum absolute atomic E-state index is 13.5. The second-order valence-corrected chi connectivity index (χ2v) is 7.83. The topological polar surface area (TPSA) is 66.8 Å². The highest BCUT2D eigenvalue weighted by Crippen LogP contribution is 2.45. The van der Waals surface area contributed by atoms with Crippen molar-refractivity contribution in [2.45, 2.75) is 6.04 Å². The van der Waals surface area contributed by atoms with E-state index in [9.17, 15) is 19.1 Å². The molecule has 1 amide bonds. The van der Waals surface area contributed by atoms with Gasteiger partial charge in [-0.25, -0.2) is 4.39 Å². The SMILES string of the molecule is COc1ccccc1C1/C(=C(\O)c2ccc(Cl)c(Cl)c2)C(=O)C(=O)N1c1ccc(F)cc1. The number of Topliss-reactive ketones (excluding diaryl/α,β-unsaturated/α-hetero) is 1. The summed E-state index contributed by atoms with van der Waals surface area (Å²) >= 11 is 12.1. The highest BCUT2D eigenvalue weighted by molar-refractivity contribution is 6.52. The van der Waals surface area contributed by atoms with Gasteiger partial charge in [0.05, 0.1) is 28.8 Å². The lowest BCUT2D eigenvalue weighted by Gasteiger charge is -2.26. The molecule has 0 spiro atoms. The Kier molecular flexibility index (Phi) is 5.91. The fraction of sp³-hybridized carbons (Fsp3) is 0.0833. The number of halogens is 3. The fourth-order valence-electron chi connectivity index (χ4n) is 3.69. The standard InChI is InChI=1S/C24H16Cl2FNO4/c1-32-19-5-3-2-4-16(19)21-20(22(29)13-6-11-17(25)18(26)12-13)23(30)24(31)28(21)15-9-7-14(27)8-10-15/h2-12,21,29H,1H3/b22-20+. The zero-order valence-corrected chi connectivity index (χ0v) is 18.2. The Bertz CT molecular complexity index is 1260. The van der Waals surface area contributed by atoms with Crippen molar-refractivity contribution in [1.29, 1.82) is 0 Å². The summed E-state index contributed by atoms with van der Waals surface area (Å²) in [7, 11) is 1.46. The molecule has 0 radical (unpaired) electrons. The van der Waals surface area contributed by atoms with E-state index in [0.717, 1.165) is 0 Å². The molecule has 1 aliphatic rings. The number of anilines is 1. The molecular formula is C24H16Cl2FNO4. The van der Waals surface area contributed by atoms with Crippen LogP contribution >= 0.6 is 23.2 Å². The van der Waals surface area contributed by atoms with E-state index in [2.05, 4.69) is 0 Å². The number of ketones is 1. The lowest BCUT2D eigenvalue weighted by molar-refractivity contribution is -0.132. The van der Waals surface area contributed by atoms with Gasteiger partial charge < -0.3 is 9.84 Å². The molecule has 1 saturated heterocycles. The van der Waals surface area contributed by atoms with Crippen LogP contribution in [0.2, 0.25) is 10.0 Å². The van der Waals surface area contributed by atoms with Crippen molar-refractivity contribution in [3.63, 3.8) is 0 Å². The average Bonchev–Trinajstić information content (AvgIpc) is 3.06. The lowest BCUT2D eigenvalue weighted by atomic mass is 9.94. The number of amides is 1. The number of carbonyl (C=O) groups is 2. The van der Waals surface area contributed by atoms with Crippen LogP contribution in [0.1, 0.15) is 17.2 Å². The first-order chi connectivity index (χ1) is 15.3. The maximum atomic E-state index is 13.5. The van der Waals surface area contributed by atoms with Gasteiger partial charge in [0.15, 0.2) is 0 Å². The monoisotopic (exact) mass is 471 g/mol. The van der Waals surface area contributed by atoms with Gasteiger partial charge in [-0.3, -0.25) is 14.5 Å². The Morgan fingerprint density at radius 2 is 1.69 bits per heavy atom. The van der Waals surface area contributed by atoms with Crippen molar-refractivity contribution < 1.29 is 23.8 Å². The van der Waals surface area contributed by atoms with E-state index in [1.165, 1.54) is 54.5 Å². The Balaban J connectivity index is 1.99. The quantitative estimate of drug-likeness (QED) is 0.298. The van der Waals surface area contributed by atoms with Crippen LogP contribution in [0, 0.1) is 5.82 Å². The second kappa shape index (κ2) is 8.65. The summed E-state index contributed by atoms with van der Waals surface area (Å²) in [5.74, 6) is -2.26. The van der Waals surface area contributed by atoms with Crippen LogP contribution < -0.4 is 9.64 Å². The normalized spacial score (nSPS) is 17.6. The second-order valence-electron chi connectivity index (χ2n) is 7.02. The van der Waals surface area contributed by atoms with E-state index in [1.807, 2.05) is 0 Å². The third-order valence-corrected chi connectivity index (χ3v) is 5.91. The van der Waals surface area contributed by atoms with Crippen LogP contribution in [-0.4, -0.2) is 23.9 Å². The van der Waals surface area contributed by atoms with Gasteiger partial charge >= 0.3 is 0 Å². The molecule has 3 aromatic rings. The Labute approximate surface area is 193 Å². The minimum atomic E-state index is -1.02. The molecule has 1 unspecified atom stereocenters. The molecule has 1 fully saturated rings. The number of carbonyl (C=O) groups excluding carboxylic acids is 2. The van der Waals surface area contributed by atoms with Crippen LogP contribution in [0.3, 0.4) is 0 Å². The van der Waals surface area contributed by atoms with E-state index in [0.29, 0.717) is 11.3 Å². The molecule has 1 N–H and O–H groups in total. The number of hydrogen-bond acceptors (Lipinski definition) is 4. The molecule has 3 aromatic carbocycles. The van der Waals surface area contributed by atoms with Gasteiger partial charge in [-0.1, -0.05) is 41.4 Å². The van der Waals surface area contributed by atoms with E-state index >= 15 is 0 Å². The molecule has 0 saturated carbocycles. The maximum Gasteiger partial charge on any atom is 0.300 e. The number of hydrogen-bond donors (Lipinski definition) is 1. The van der Waals surface area contributed by atoms with Gasteiger partial charge in [-0.05, 0) is 48.5 Å². The molecular weight excluding hydrogens is 456 g/mol. The van der Waals surface area contributed by atoms with E-state index in [4.69, 9.17) is 27.9 Å². The number of nitrogens with zero attached hydrogens (tertiary/aromatic N) is 1. The summed E-state index contributed by atoms with van der Waals surface area (Å²) in [4.78, 5) is 27.4. The van der Waals surface area contributed by atoms with Gasteiger partial charge in [0.1, 0.15) is 17.3 Å². The number of aliphatic hydroxyl groups is 1. The van der Waals surface area contributed by atoms with Crippen molar-refractivity contribution in [2.24, 2.45) is 0 Å². The minimum Gasteiger partial charge on any atom is -0.507 e. The Morgan fingerprint density at radius 1 is 1.00 bits per heavy atom. The zero-order chi connectivity index (χ0) is 23.0. The molecule has 5 nitrogen and oxygen atoms in total. The van der Waals surface area contributed by atoms with Crippen molar-refractivity contribution in [3.05, 3.63) is 99.3 Å². The molecule has 8 heteroatoms. The van der Waals surface area contributed by atoms with E-state index < -0.39 is 29.3 Å². The first-order valence-electron chi connectivity index (χ1n) is 9.48. The molecule has 1 aliphatic heterocycles. The first kappa shape index (κ1) is 21.9. The summed E-state index contributed by atoms with van der Waals surface area (Å²) in [6.07, 6.45) is 0. The largest absolute Gasteiger partial charge is 0.507 e. The summed E-state index contributed by atoms with van der Waals surface area (Å²) in [5, 5.41) is 11.6. The van der Waals surface area contributed by atoms with Gasteiger partial charge in [0.25, 0.3) is 11.7 Å². The molecule has 0 aromatic heterocycles. The van der Waals surface area contributed by atoms with Crippen molar-refractivity contribution >= 4 is 46.3 Å². The highest BCUT2D eigenvalue weighted by atomic mass is 35.5. The Morgan fingerprint density at radius 3 is 2.34 bits per heavy atom. The first-order valence-corrected chi connectivity index (χ1v) is 10.2. The minimum absolute atomic E-state index is 0.151. The zero-order valence-electron chi connectivity index (χ0n) is 16.7. The average molecular weight is 472 g/mol. The smallest absolute Gasteiger partial charge is 0.300 e. The van der Waals surface area contributed by atoms with Gasteiger partial charge in [-0.2, -0.15) is 0 Å². The molecule has 162 valence electrons. The molecule has 32 heavy (non-hydrogen) atoms. The summed E-state index contributed by atoms with van der Waals surface area (Å²) in [6, 6.07) is 15.3. The third kappa shape index (κ3) is 3.72. The fourth-order valence-corrected chi connectivity index (χ4v) is 3.98. The molecule has 0 bridgehead atoms. The predicted octanol–water partition coefficient (Wildman–Crippen LogP) is 5.77. The summed E-state index contributed by atoms with van der Waals surface area (Å²) in [6.45, 7) is 0. The van der Waals surface area contributed by atoms with Gasteiger partial charge in [0.2, 0.25) is 0 Å². The van der Waals surface area contributed by atoms with Gasteiger partial charge in [-0.15, -0.1) is 0 Å².